The summed E-state index contributed by atoms with van der Waals surface area (Å²) in [6, 6.07) is 10.8. The predicted octanol–water partition coefficient (Wildman–Crippen LogP) is 3.25. The molecule has 0 spiro atoms. The van der Waals surface area contributed by atoms with Crippen LogP contribution in [0.5, 0.6) is 0 Å². The third-order valence-corrected chi connectivity index (χ3v) is 3.01. The first kappa shape index (κ1) is 11.7. The van der Waals surface area contributed by atoms with E-state index in [0.29, 0.717) is 5.92 Å². The average molecular weight is 229 g/mol. The highest BCUT2D eigenvalue weighted by Gasteiger charge is 2.06. The molecule has 2 aromatic rings. The number of rotatable bonds is 3. The van der Waals surface area contributed by atoms with E-state index in [0.717, 1.165) is 11.5 Å². The minimum atomic E-state index is 0.573. The molecule has 1 N–H and O–H groups in total. The number of hydrogen-bond donors (Lipinski definition) is 1. The van der Waals surface area contributed by atoms with Crippen LogP contribution in [0.2, 0.25) is 0 Å². The average Bonchev–Trinajstić information content (AvgIpc) is 2.71. The molecule has 0 aliphatic carbocycles. The van der Waals surface area contributed by atoms with Gasteiger partial charge in [-0.1, -0.05) is 38.1 Å². The van der Waals surface area contributed by atoms with Crippen molar-refractivity contribution in [3.63, 3.8) is 0 Å². The fourth-order valence-electron chi connectivity index (χ4n) is 1.90. The van der Waals surface area contributed by atoms with Crippen molar-refractivity contribution in [3.05, 3.63) is 35.9 Å². The quantitative estimate of drug-likeness (QED) is 0.875. The third-order valence-electron chi connectivity index (χ3n) is 3.01. The lowest BCUT2D eigenvalue weighted by molar-refractivity contribution is 0.778. The molecule has 0 aliphatic heterocycles. The van der Waals surface area contributed by atoms with Gasteiger partial charge in [-0.2, -0.15) is 5.10 Å². The molecular formula is C14H19N3. The van der Waals surface area contributed by atoms with Gasteiger partial charge in [-0.3, -0.25) is 4.68 Å². The van der Waals surface area contributed by atoms with E-state index in [1.807, 2.05) is 18.8 Å². The van der Waals surface area contributed by atoms with Crippen LogP contribution in [0.4, 0.5) is 5.82 Å². The van der Waals surface area contributed by atoms with E-state index in [1.165, 1.54) is 11.1 Å². The molecule has 0 saturated carbocycles. The number of nitrogens with one attached hydrogen (secondary N) is 1. The van der Waals surface area contributed by atoms with E-state index in [4.69, 9.17) is 0 Å². The van der Waals surface area contributed by atoms with Crippen molar-refractivity contribution in [1.82, 2.24) is 9.78 Å². The van der Waals surface area contributed by atoms with E-state index in [-0.39, 0.29) is 0 Å². The molecular weight excluding hydrogens is 210 g/mol. The second-order valence-electron chi connectivity index (χ2n) is 4.57. The van der Waals surface area contributed by atoms with Crippen molar-refractivity contribution in [2.75, 3.05) is 12.4 Å². The van der Waals surface area contributed by atoms with Gasteiger partial charge in [-0.25, -0.2) is 0 Å². The second-order valence-corrected chi connectivity index (χ2v) is 4.57. The summed E-state index contributed by atoms with van der Waals surface area (Å²) in [6.07, 6.45) is 0. The zero-order chi connectivity index (χ0) is 12.4. The predicted molar refractivity (Wildman–Crippen MR) is 72.3 cm³/mol. The van der Waals surface area contributed by atoms with Gasteiger partial charge in [0, 0.05) is 20.2 Å². The maximum atomic E-state index is 4.37. The molecule has 3 nitrogen and oxygen atoms in total. The molecule has 0 fully saturated rings. The second kappa shape index (κ2) is 4.62. The number of anilines is 1. The lowest BCUT2D eigenvalue weighted by Crippen LogP contribution is -1.95. The monoisotopic (exact) mass is 229 g/mol. The Labute approximate surface area is 102 Å². The van der Waals surface area contributed by atoms with Crippen LogP contribution in [0.15, 0.2) is 30.3 Å². The van der Waals surface area contributed by atoms with Gasteiger partial charge in [0.25, 0.3) is 0 Å². The number of aryl methyl sites for hydroxylation is 1. The van der Waals surface area contributed by atoms with Gasteiger partial charge < -0.3 is 5.32 Å². The van der Waals surface area contributed by atoms with Crippen LogP contribution in [0.3, 0.4) is 0 Å². The summed E-state index contributed by atoms with van der Waals surface area (Å²) in [6.45, 7) is 4.41. The first-order chi connectivity index (χ1) is 8.11. The van der Waals surface area contributed by atoms with Crippen molar-refractivity contribution >= 4 is 5.82 Å². The smallest absolute Gasteiger partial charge is 0.148 e. The van der Waals surface area contributed by atoms with Gasteiger partial charge >= 0.3 is 0 Å². The molecule has 0 atom stereocenters. The molecule has 1 heterocycles. The summed E-state index contributed by atoms with van der Waals surface area (Å²) in [5.74, 6) is 1.47. The Bertz CT molecular complexity index is 495. The number of nitrogens with zero attached hydrogens (tertiary/aromatic N) is 2. The van der Waals surface area contributed by atoms with Crippen molar-refractivity contribution in [2.45, 2.75) is 19.8 Å². The van der Waals surface area contributed by atoms with E-state index < -0.39 is 0 Å². The molecule has 0 unspecified atom stereocenters. The van der Waals surface area contributed by atoms with Crippen LogP contribution in [-0.2, 0) is 7.05 Å². The highest BCUT2D eigenvalue weighted by molar-refractivity contribution is 5.63. The van der Waals surface area contributed by atoms with E-state index in [9.17, 15) is 0 Å². The van der Waals surface area contributed by atoms with E-state index >= 15 is 0 Å². The normalized spacial score (nSPS) is 10.9. The van der Waals surface area contributed by atoms with E-state index in [2.05, 4.69) is 54.6 Å². The summed E-state index contributed by atoms with van der Waals surface area (Å²) in [7, 11) is 3.85. The first-order valence-corrected chi connectivity index (χ1v) is 5.94. The fraction of sp³-hybridized carbons (Fsp3) is 0.357. The molecule has 17 heavy (non-hydrogen) atoms. The van der Waals surface area contributed by atoms with Crippen LogP contribution in [0.1, 0.15) is 25.3 Å². The summed E-state index contributed by atoms with van der Waals surface area (Å²) in [5, 5.41) is 7.42. The van der Waals surface area contributed by atoms with Crippen LogP contribution >= 0.6 is 0 Å². The van der Waals surface area contributed by atoms with Crippen molar-refractivity contribution in [1.29, 1.82) is 0 Å². The minimum absolute atomic E-state index is 0.573. The highest BCUT2D eigenvalue weighted by atomic mass is 15.3. The molecule has 0 radical (unpaired) electrons. The first-order valence-electron chi connectivity index (χ1n) is 5.94. The number of benzene rings is 1. The summed E-state index contributed by atoms with van der Waals surface area (Å²) >= 11 is 0. The lowest BCUT2D eigenvalue weighted by Gasteiger charge is -2.06. The molecule has 90 valence electrons. The SMILES string of the molecule is CNc1cc(-c2ccc(C(C)C)cc2)n(C)n1. The molecule has 3 heteroatoms. The zero-order valence-corrected chi connectivity index (χ0v) is 10.9. The Hall–Kier alpha value is -1.77. The van der Waals surface area contributed by atoms with Gasteiger partial charge in [-0.15, -0.1) is 0 Å². The van der Waals surface area contributed by atoms with Gasteiger partial charge in [0.15, 0.2) is 0 Å². The van der Waals surface area contributed by atoms with Gasteiger partial charge in [0.1, 0.15) is 5.82 Å². The number of aromatic nitrogens is 2. The molecule has 1 aromatic heterocycles. The van der Waals surface area contributed by atoms with Gasteiger partial charge in [-0.05, 0) is 17.0 Å². The van der Waals surface area contributed by atoms with Crippen LogP contribution < -0.4 is 5.32 Å². The van der Waals surface area contributed by atoms with Crippen molar-refractivity contribution in [2.24, 2.45) is 7.05 Å². The lowest BCUT2D eigenvalue weighted by atomic mass is 10.0. The topological polar surface area (TPSA) is 29.9 Å². The molecule has 0 saturated heterocycles. The Kier molecular flexibility index (Phi) is 3.18. The molecule has 0 amide bonds. The van der Waals surface area contributed by atoms with Crippen LogP contribution in [-0.4, -0.2) is 16.8 Å². The van der Waals surface area contributed by atoms with Crippen LogP contribution in [0.25, 0.3) is 11.3 Å². The van der Waals surface area contributed by atoms with E-state index in [1.54, 1.807) is 0 Å². The maximum Gasteiger partial charge on any atom is 0.148 e. The Morgan fingerprint density at radius 2 is 1.82 bits per heavy atom. The highest BCUT2D eigenvalue weighted by Crippen LogP contribution is 2.24. The maximum absolute atomic E-state index is 4.37. The molecule has 0 bridgehead atoms. The molecule has 1 aromatic carbocycles. The Morgan fingerprint density at radius 3 is 2.29 bits per heavy atom. The summed E-state index contributed by atoms with van der Waals surface area (Å²) in [4.78, 5) is 0. The standard InChI is InChI=1S/C14H19N3/c1-10(2)11-5-7-12(8-6-11)13-9-14(15-3)16-17(13)4/h5-10H,1-4H3,(H,15,16). The molecule has 2 rings (SSSR count). The summed E-state index contributed by atoms with van der Waals surface area (Å²) < 4.78 is 1.90. The Balaban J connectivity index is 2.36. The summed E-state index contributed by atoms with van der Waals surface area (Å²) in [5.41, 5.74) is 3.69. The fourth-order valence-corrected chi connectivity index (χ4v) is 1.90. The van der Waals surface area contributed by atoms with Crippen LogP contribution in [0, 0.1) is 0 Å². The molecule has 0 aliphatic rings. The zero-order valence-electron chi connectivity index (χ0n) is 10.9. The largest absolute Gasteiger partial charge is 0.372 e. The van der Waals surface area contributed by atoms with Crippen molar-refractivity contribution in [3.8, 4) is 11.3 Å². The van der Waals surface area contributed by atoms with Gasteiger partial charge in [0.05, 0.1) is 5.69 Å². The third kappa shape index (κ3) is 2.33. The van der Waals surface area contributed by atoms with Gasteiger partial charge in [0.2, 0.25) is 0 Å². The Morgan fingerprint density at radius 1 is 1.18 bits per heavy atom. The van der Waals surface area contributed by atoms with Crippen molar-refractivity contribution < 1.29 is 0 Å². The number of hydrogen-bond acceptors (Lipinski definition) is 2. The minimum Gasteiger partial charge on any atom is -0.372 e.